The normalized spacial score (nSPS) is 12.2. The Morgan fingerprint density at radius 2 is 2.05 bits per heavy atom. The van der Waals surface area contributed by atoms with Gasteiger partial charge in [-0.15, -0.1) is 0 Å². The number of halogens is 1. The number of nitrogens with zero attached hydrogens (tertiary/aromatic N) is 1. The zero-order valence-electron chi connectivity index (χ0n) is 11.3. The first kappa shape index (κ1) is 14.4. The molecule has 0 bridgehead atoms. The largest absolute Gasteiger partial charge is 0.497 e. The van der Waals surface area contributed by atoms with Gasteiger partial charge in [0.2, 0.25) is 0 Å². The number of hydrogen-bond acceptors (Lipinski definition) is 4. The van der Waals surface area contributed by atoms with E-state index in [1.807, 2.05) is 24.3 Å². The summed E-state index contributed by atoms with van der Waals surface area (Å²) in [5.41, 5.74) is 4.12. The first-order valence-electron chi connectivity index (χ1n) is 6.44. The van der Waals surface area contributed by atoms with Gasteiger partial charge >= 0.3 is 0 Å². The van der Waals surface area contributed by atoms with E-state index in [9.17, 15) is 4.39 Å². The number of hydrazine groups is 1. The second kappa shape index (κ2) is 6.98. The van der Waals surface area contributed by atoms with Crippen LogP contribution in [-0.2, 0) is 6.42 Å². The molecule has 4 nitrogen and oxygen atoms in total. The maximum atomic E-state index is 13.7. The van der Waals surface area contributed by atoms with Gasteiger partial charge in [0.05, 0.1) is 18.8 Å². The van der Waals surface area contributed by atoms with Crippen molar-refractivity contribution in [2.24, 2.45) is 5.84 Å². The lowest BCUT2D eigenvalue weighted by Gasteiger charge is -2.15. The van der Waals surface area contributed by atoms with Gasteiger partial charge in [-0.25, -0.2) is 4.39 Å². The Morgan fingerprint density at radius 1 is 1.30 bits per heavy atom. The molecule has 106 valence electrons. The fraction of sp³-hybridized carbons (Fsp3) is 0.267. The van der Waals surface area contributed by atoms with Crippen LogP contribution < -0.4 is 16.0 Å². The molecule has 1 unspecified atom stereocenters. The molecule has 0 spiro atoms. The predicted molar refractivity (Wildman–Crippen MR) is 75.6 cm³/mol. The number of aromatic nitrogens is 1. The molecule has 0 fully saturated rings. The van der Waals surface area contributed by atoms with Crippen LogP contribution in [0.3, 0.4) is 0 Å². The Bertz CT molecular complexity index is 545. The minimum atomic E-state index is -0.342. The van der Waals surface area contributed by atoms with Crippen LogP contribution in [-0.4, -0.2) is 12.1 Å². The van der Waals surface area contributed by atoms with E-state index in [4.69, 9.17) is 10.6 Å². The van der Waals surface area contributed by atoms with Crippen LogP contribution in [0.2, 0.25) is 0 Å². The van der Waals surface area contributed by atoms with Crippen molar-refractivity contribution in [2.75, 3.05) is 7.11 Å². The number of benzene rings is 1. The van der Waals surface area contributed by atoms with Crippen molar-refractivity contribution in [1.82, 2.24) is 10.4 Å². The average molecular weight is 275 g/mol. The number of ether oxygens (including phenoxy) is 1. The number of hydrogen-bond donors (Lipinski definition) is 2. The van der Waals surface area contributed by atoms with Crippen LogP contribution in [0.15, 0.2) is 42.6 Å². The summed E-state index contributed by atoms with van der Waals surface area (Å²) in [4.78, 5) is 4.05. The SMILES string of the molecule is COc1ccc(CCC(NN)c2ncccc2F)cc1. The quantitative estimate of drug-likeness (QED) is 0.627. The molecule has 0 aliphatic carbocycles. The lowest BCUT2D eigenvalue weighted by molar-refractivity contribution is 0.414. The van der Waals surface area contributed by atoms with Gasteiger partial charge in [-0.2, -0.15) is 0 Å². The number of nitrogens with two attached hydrogens (primary N) is 1. The number of methoxy groups -OCH3 is 1. The number of nitrogens with one attached hydrogen (secondary N) is 1. The van der Waals surface area contributed by atoms with Gasteiger partial charge in [-0.3, -0.25) is 16.3 Å². The molecule has 20 heavy (non-hydrogen) atoms. The van der Waals surface area contributed by atoms with Gasteiger partial charge in [-0.05, 0) is 42.7 Å². The Balaban J connectivity index is 2.02. The van der Waals surface area contributed by atoms with E-state index >= 15 is 0 Å². The van der Waals surface area contributed by atoms with Crippen LogP contribution in [0.1, 0.15) is 23.7 Å². The van der Waals surface area contributed by atoms with Crippen molar-refractivity contribution in [3.05, 3.63) is 59.7 Å². The van der Waals surface area contributed by atoms with E-state index in [2.05, 4.69) is 10.4 Å². The third kappa shape index (κ3) is 3.53. The fourth-order valence-corrected chi connectivity index (χ4v) is 2.06. The van der Waals surface area contributed by atoms with Gasteiger partial charge in [0.1, 0.15) is 11.6 Å². The zero-order chi connectivity index (χ0) is 14.4. The van der Waals surface area contributed by atoms with Gasteiger partial charge in [0.15, 0.2) is 0 Å². The van der Waals surface area contributed by atoms with E-state index in [-0.39, 0.29) is 11.9 Å². The first-order valence-corrected chi connectivity index (χ1v) is 6.44. The Morgan fingerprint density at radius 3 is 2.65 bits per heavy atom. The molecule has 0 radical (unpaired) electrons. The Kier molecular flexibility index (Phi) is 5.03. The summed E-state index contributed by atoms with van der Waals surface area (Å²) in [7, 11) is 1.63. The van der Waals surface area contributed by atoms with Crippen LogP contribution in [0.5, 0.6) is 5.75 Å². The second-order valence-corrected chi connectivity index (χ2v) is 4.48. The van der Waals surface area contributed by atoms with Gasteiger partial charge in [-0.1, -0.05) is 12.1 Å². The number of pyridine rings is 1. The van der Waals surface area contributed by atoms with Crippen LogP contribution >= 0.6 is 0 Å². The minimum absolute atomic E-state index is 0.307. The monoisotopic (exact) mass is 275 g/mol. The predicted octanol–water partition coefficient (Wildman–Crippen LogP) is 2.37. The molecule has 2 rings (SSSR count). The van der Waals surface area contributed by atoms with Gasteiger partial charge in [0.25, 0.3) is 0 Å². The highest BCUT2D eigenvalue weighted by Crippen LogP contribution is 2.20. The minimum Gasteiger partial charge on any atom is -0.497 e. The molecule has 1 heterocycles. The summed E-state index contributed by atoms with van der Waals surface area (Å²) >= 11 is 0. The second-order valence-electron chi connectivity index (χ2n) is 4.48. The van der Waals surface area contributed by atoms with Crippen molar-refractivity contribution < 1.29 is 9.13 Å². The molecular formula is C15H18FN3O. The third-order valence-electron chi connectivity index (χ3n) is 3.20. The van der Waals surface area contributed by atoms with Crippen molar-refractivity contribution in [3.8, 4) is 5.75 Å². The average Bonchev–Trinajstić information content (AvgIpc) is 2.50. The molecule has 1 aromatic heterocycles. The van der Waals surface area contributed by atoms with Crippen molar-refractivity contribution in [2.45, 2.75) is 18.9 Å². The number of rotatable bonds is 6. The molecule has 3 N–H and O–H groups in total. The standard InChI is InChI=1S/C15H18FN3O/c1-20-12-7-4-11(5-8-12)6-9-14(19-17)15-13(16)3-2-10-18-15/h2-5,7-8,10,14,19H,6,9,17H2,1H3. The molecule has 0 aliphatic heterocycles. The molecule has 2 aromatic rings. The highest BCUT2D eigenvalue weighted by molar-refractivity contribution is 5.27. The maximum Gasteiger partial charge on any atom is 0.146 e. The van der Waals surface area contributed by atoms with Crippen molar-refractivity contribution >= 4 is 0 Å². The van der Waals surface area contributed by atoms with E-state index in [0.717, 1.165) is 17.7 Å². The first-order chi connectivity index (χ1) is 9.74. The molecular weight excluding hydrogens is 257 g/mol. The Labute approximate surface area is 117 Å². The molecule has 5 heteroatoms. The van der Waals surface area contributed by atoms with Crippen LogP contribution in [0, 0.1) is 5.82 Å². The molecule has 0 aliphatic rings. The molecule has 1 atom stereocenters. The lowest BCUT2D eigenvalue weighted by Crippen LogP contribution is -2.29. The summed E-state index contributed by atoms with van der Waals surface area (Å²) in [6, 6.07) is 10.4. The van der Waals surface area contributed by atoms with Crippen LogP contribution in [0.4, 0.5) is 4.39 Å². The van der Waals surface area contributed by atoms with E-state index in [1.165, 1.54) is 6.07 Å². The molecule has 0 amide bonds. The van der Waals surface area contributed by atoms with Crippen molar-refractivity contribution in [3.63, 3.8) is 0 Å². The summed E-state index contributed by atoms with van der Waals surface area (Å²) in [6.45, 7) is 0. The fourth-order valence-electron chi connectivity index (χ4n) is 2.06. The summed E-state index contributed by atoms with van der Waals surface area (Å²) in [5.74, 6) is 5.98. The van der Waals surface area contributed by atoms with E-state index in [0.29, 0.717) is 12.1 Å². The highest BCUT2D eigenvalue weighted by atomic mass is 19.1. The van der Waals surface area contributed by atoms with Gasteiger partial charge < -0.3 is 4.74 Å². The van der Waals surface area contributed by atoms with Crippen molar-refractivity contribution in [1.29, 1.82) is 0 Å². The third-order valence-corrected chi connectivity index (χ3v) is 3.20. The molecule has 0 saturated heterocycles. The zero-order valence-corrected chi connectivity index (χ0v) is 11.3. The van der Waals surface area contributed by atoms with E-state index in [1.54, 1.807) is 19.4 Å². The lowest BCUT2D eigenvalue weighted by atomic mass is 10.0. The number of aryl methyl sites for hydroxylation is 1. The summed E-state index contributed by atoms with van der Waals surface area (Å²) in [5, 5.41) is 0. The maximum absolute atomic E-state index is 13.7. The highest BCUT2D eigenvalue weighted by Gasteiger charge is 2.15. The van der Waals surface area contributed by atoms with E-state index < -0.39 is 0 Å². The summed E-state index contributed by atoms with van der Waals surface area (Å²) < 4.78 is 18.8. The van der Waals surface area contributed by atoms with Crippen LogP contribution in [0.25, 0.3) is 0 Å². The summed E-state index contributed by atoms with van der Waals surface area (Å²) in [6.07, 6.45) is 3.00. The topological polar surface area (TPSA) is 60.2 Å². The van der Waals surface area contributed by atoms with Gasteiger partial charge in [0, 0.05) is 6.20 Å². The molecule has 1 aromatic carbocycles. The smallest absolute Gasteiger partial charge is 0.146 e. The Hall–Kier alpha value is -1.98. The molecule has 0 saturated carbocycles.